The number of phenolic OH excluding ortho intramolecular Hbond substituents is 1. The highest BCUT2D eigenvalue weighted by Crippen LogP contribution is 2.53. The Morgan fingerprint density at radius 2 is 1.88 bits per heavy atom. The number of nitrogens with zero attached hydrogens (tertiary/aromatic N) is 3. The van der Waals surface area contributed by atoms with Crippen molar-refractivity contribution in [1.82, 2.24) is 9.88 Å². The molecule has 0 bridgehead atoms. The van der Waals surface area contributed by atoms with Crippen molar-refractivity contribution in [3.05, 3.63) is 56.4 Å². The van der Waals surface area contributed by atoms with Crippen LogP contribution in [-0.4, -0.2) is 93.5 Å². The monoisotopic (exact) mass is 597 g/mol. The Kier molecular flexibility index (Phi) is 7.11. The van der Waals surface area contributed by atoms with E-state index in [1.807, 2.05) is 0 Å². The summed E-state index contributed by atoms with van der Waals surface area (Å²) in [6.07, 6.45) is 1.61. The number of amides is 2. The Morgan fingerprint density at radius 3 is 2.45 bits per heavy atom. The van der Waals surface area contributed by atoms with Gasteiger partial charge < -0.3 is 36.4 Å². The summed E-state index contributed by atoms with van der Waals surface area (Å²) in [5.41, 5.74) is 2.25. The number of ketones is 2. The number of primary amides is 1. The molecular formula is C28H31N5O8S. The molecule has 0 saturated heterocycles. The summed E-state index contributed by atoms with van der Waals surface area (Å²) in [6.45, 7) is 0. The summed E-state index contributed by atoms with van der Waals surface area (Å²) in [6, 6.07) is 0.475. The van der Waals surface area contributed by atoms with E-state index in [1.165, 1.54) is 16.2 Å². The van der Waals surface area contributed by atoms with E-state index in [-0.39, 0.29) is 36.1 Å². The van der Waals surface area contributed by atoms with Crippen LogP contribution in [0.3, 0.4) is 0 Å². The summed E-state index contributed by atoms with van der Waals surface area (Å²) in [5.74, 6) is -7.85. The molecule has 42 heavy (non-hydrogen) atoms. The molecule has 4 atom stereocenters. The molecule has 3 aliphatic rings. The minimum Gasteiger partial charge on any atom is -0.510 e. The van der Waals surface area contributed by atoms with Gasteiger partial charge in [0.15, 0.2) is 17.1 Å². The first-order valence-corrected chi connectivity index (χ1v) is 14.0. The molecule has 222 valence electrons. The van der Waals surface area contributed by atoms with E-state index in [0.717, 1.165) is 0 Å². The predicted molar refractivity (Wildman–Crippen MR) is 152 cm³/mol. The molecule has 0 saturated carbocycles. The fraction of sp³-hybridized carbons (Fsp3) is 0.393. The second kappa shape index (κ2) is 10.2. The third kappa shape index (κ3) is 4.25. The Hall–Kier alpha value is -4.27. The lowest BCUT2D eigenvalue weighted by Gasteiger charge is -2.50. The van der Waals surface area contributed by atoms with Crippen LogP contribution in [-0.2, 0) is 27.2 Å². The topological polar surface area (TPSA) is 207 Å². The first-order valence-electron chi connectivity index (χ1n) is 13.1. The number of thiazole rings is 1. The van der Waals surface area contributed by atoms with Crippen LogP contribution in [0.2, 0.25) is 0 Å². The molecule has 14 heteroatoms. The first-order chi connectivity index (χ1) is 19.7. The lowest BCUT2D eigenvalue weighted by Crippen LogP contribution is -2.63. The number of hydrogen-bond acceptors (Lipinski definition) is 12. The molecule has 2 aromatic rings. The van der Waals surface area contributed by atoms with Gasteiger partial charge in [-0.2, -0.15) is 0 Å². The number of carbonyl (C=O) groups excluding carboxylic acids is 4. The number of allylic oxidation sites excluding steroid dienone is 1. The van der Waals surface area contributed by atoms with Gasteiger partial charge in [-0.15, -0.1) is 11.3 Å². The number of aromatic nitrogens is 1. The van der Waals surface area contributed by atoms with E-state index in [1.54, 1.807) is 50.7 Å². The normalized spacial score (nSPS) is 25.2. The van der Waals surface area contributed by atoms with Crippen molar-refractivity contribution in [3.63, 3.8) is 0 Å². The number of carbonyl (C=O) groups is 4. The SMILES string of the molecule is CN(C)c1cc(NC(=O)Cc2nccs2)c(O)c2c1CC1CC3[C@H](N(C)C)C(O)=C(C(N)=O)C(=O)[C@@]3(O)C(O)=C1C2=O. The number of benzene rings is 1. The van der Waals surface area contributed by atoms with Crippen LogP contribution in [0, 0.1) is 11.8 Å². The molecule has 7 N–H and O–H groups in total. The average molecular weight is 598 g/mol. The largest absolute Gasteiger partial charge is 0.510 e. The highest BCUT2D eigenvalue weighted by Gasteiger charge is 2.63. The third-order valence-corrected chi connectivity index (χ3v) is 9.03. The molecule has 1 heterocycles. The molecule has 1 aromatic heterocycles. The molecule has 2 amide bonds. The zero-order chi connectivity index (χ0) is 30.8. The lowest BCUT2D eigenvalue weighted by molar-refractivity contribution is -0.148. The van der Waals surface area contributed by atoms with Crippen molar-refractivity contribution >= 4 is 46.1 Å². The Morgan fingerprint density at radius 1 is 1.19 bits per heavy atom. The fourth-order valence-corrected chi connectivity index (χ4v) is 7.08. The summed E-state index contributed by atoms with van der Waals surface area (Å²) in [4.78, 5) is 59.7. The number of aromatic hydroxyl groups is 1. The Bertz CT molecular complexity index is 1600. The second-order valence-electron chi connectivity index (χ2n) is 11.2. The second-order valence-corrected chi connectivity index (χ2v) is 12.1. The van der Waals surface area contributed by atoms with E-state index in [4.69, 9.17) is 5.73 Å². The molecule has 3 aliphatic carbocycles. The summed E-state index contributed by atoms with van der Waals surface area (Å²) in [7, 11) is 6.60. The van der Waals surface area contributed by atoms with Crippen molar-refractivity contribution in [1.29, 1.82) is 0 Å². The summed E-state index contributed by atoms with van der Waals surface area (Å²) >= 11 is 1.29. The smallest absolute Gasteiger partial charge is 0.255 e. The number of nitrogens with one attached hydrogen (secondary N) is 1. The van der Waals surface area contributed by atoms with Crippen molar-refractivity contribution in [3.8, 4) is 5.75 Å². The molecule has 1 aromatic carbocycles. The highest BCUT2D eigenvalue weighted by molar-refractivity contribution is 7.09. The van der Waals surface area contributed by atoms with Gasteiger partial charge in [0.2, 0.25) is 11.7 Å². The van der Waals surface area contributed by atoms with Gasteiger partial charge in [0.25, 0.3) is 5.91 Å². The third-order valence-electron chi connectivity index (χ3n) is 8.25. The maximum atomic E-state index is 14.1. The Labute approximate surface area is 244 Å². The van der Waals surface area contributed by atoms with E-state index in [0.29, 0.717) is 16.3 Å². The summed E-state index contributed by atoms with van der Waals surface area (Å²) in [5, 5.41) is 50.3. The van der Waals surface area contributed by atoms with Crippen LogP contribution in [0.1, 0.15) is 27.3 Å². The number of aliphatic hydroxyl groups excluding tert-OH is 2. The van der Waals surface area contributed by atoms with Gasteiger partial charge in [-0.3, -0.25) is 24.1 Å². The van der Waals surface area contributed by atoms with Gasteiger partial charge in [-0.05, 0) is 44.5 Å². The molecule has 5 rings (SSSR count). The number of Topliss-reactive ketones (excluding diaryl/α,β-unsaturated/α-hetero) is 2. The van der Waals surface area contributed by atoms with E-state index >= 15 is 0 Å². The van der Waals surface area contributed by atoms with Crippen LogP contribution < -0.4 is 16.0 Å². The van der Waals surface area contributed by atoms with Crippen LogP contribution in [0.15, 0.2) is 40.3 Å². The molecule has 0 fully saturated rings. The quantitative estimate of drug-likeness (QED) is 0.203. The van der Waals surface area contributed by atoms with Gasteiger partial charge in [-0.1, -0.05) is 0 Å². The number of phenols is 1. The van der Waals surface area contributed by atoms with E-state index < -0.39 is 69.7 Å². The Balaban J connectivity index is 1.65. The number of anilines is 2. The summed E-state index contributed by atoms with van der Waals surface area (Å²) < 4.78 is 0. The molecule has 2 unspecified atom stereocenters. The number of aliphatic hydroxyl groups is 3. The number of likely N-dealkylation sites (N-methyl/N-ethyl adjacent to an activating group) is 1. The maximum Gasteiger partial charge on any atom is 0.255 e. The minimum atomic E-state index is -2.73. The molecular weight excluding hydrogens is 566 g/mol. The van der Waals surface area contributed by atoms with E-state index in [2.05, 4.69) is 10.3 Å². The van der Waals surface area contributed by atoms with Gasteiger partial charge in [0, 0.05) is 42.9 Å². The zero-order valence-corrected chi connectivity index (χ0v) is 24.2. The van der Waals surface area contributed by atoms with Crippen molar-refractivity contribution in [2.45, 2.75) is 30.9 Å². The van der Waals surface area contributed by atoms with Crippen molar-refractivity contribution in [2.75, 3.05) is 38.4 Å². The first kappa shape index (κ1) is 29.2. The van der Waals surface area contributed by atoms with Crippen LogP contribution in [0.5, 0.6) is 5.75 Å². The highest BCUT2D eigenvalue weighted by atomic mass is 32.1. The molecule has 13 nitrogen and oxygen atoms in total. The number of hydrogen-bond donors (Lipinski definition) is 6. The van der Waals surface area contributed by atoms with Gasteiger partial charge in [-0.25, -0.2) is 4.98 Å². The number of rotatable bonds is 6. The fourth-order valence-electron chi connectivity index (χ4n) is 6.47. The van der Waals surface area contributed by atoms with Crippen molar-refractivity contribution in [2.24, 2.45) is 17.6 Å². The van der Waals surface area contributed by atoms with Crippen LogP contribution in [0.25, 0.3) is 0 Å². The molecule has 0 radical (unpaired) electrons. The maximum absolute atomic E-state index is 14.1. The standard InChI is InChI=1S/C28H31N5O8S/c1-32(2)15-9-14(31-16(34)10-17-30-5-6-42-17)22(35)19-12(15)7-11-8-13-21(33(3)4)24(37)20(27(29)40)26(39)28(13,41)25(38)18(11)23(19)36/h5-6,9,11,13,21,35,37-38,41H,7-8,10H2,1-4H3,(H2,29,40)(H,31,34)/t11?,13?,21-,28-/m0/s1. The van der Waals surface area contributed by atoms with Gasteiger partial charge >= 0.3 is 0 Å². The van der Waals surface area contributed by atoms with E-state index in [9.17, 15) is 39.6 Å². The minimum absolute atomic E-state index is 0.0221. The number of fused-ring (bicyclic) bond motifs is 3. The predicted octanol–water partition coefficient (Wildman–Crippen LogP) is 0.824. The zero-order valence-electron chi connectivity index (χ0n) is 23.3. The average Bonchev–Trinajstić information content (AvgIpc) is 3.40. The van der Waals surface area contributed by atoms with Crippen molar-refractivity contribution < 1.29 is 39.6 Å². The molecule has 0 spiro atoms. The lowest BCUT2D eigenvalue weighted by atomic mass is 9.58. The molecule has 0 aliphatic heterocycles. The van der Waals surface area contributed by atoms with Crippen LogP contribution in [0.4, 0.5) is 11.4 Å². The van der Waals surface area contributed by atoms with Gasteiger partial charge in [0.05, 0.1) is 23.7 Å². The van der Waals surface area contributed by atoms with Crippen LogP contribution >= 0.6 is 11.3 Å². The van der Waals surface area contributed by atoms with Gasteiger partial charge in [0.1, 0.15) is 22.1 Å². The number of nitrogens with two attached hydrogens (primary N) is 1.